The van der Waals surface area contributed by atoms with Crippen molar-refractivity contribution in [3.8, 4) is 0 Å². The van der Waals surface area contributed by atoms with Gasteiger partial charge in [0.25, 0.3) is 0 Å². The van der Waals surface area contributed by atoms with Gasteiger partial charge in [-0.1, -0.05) is 13.8 Å². The molecule has 0 aliphatic heterocycles. The van der Waals surface area contributed by atoms with Crippen molar-refractivity contribution in [2.24, 2.45) is 0 Å². The van der Waals surface area contributed by atoms with Crippen LogP contribution in [0.4, 0.5) is 11.9 Å². The molecule has 0 bridgehead atoms. The van der Waals surface area contributed by atoms with Gasteiger partial charge in [0.15, 0.2) is 0 Å². The summed E-state index contributed by atoms with van der Waals surface area (Å²) in [7, 11) is 0.538. The first-order chi connectivity index (χ1) is 9.19. The summed E-state index contributed by atoms with van der Waals surface area (Å²) in [4.78, 5) is 14.7. The van der Waals surface area contributed by atoms with E-state index in [-0.39, 0.29) is 12.5 Å². The summed E-state index contributed by atoms with van der Waals surface area (Å²) < 4.78 is 24.3. The topological polar surface area (TPSA) is 100 Å². The minimum Gasteiger partial charge on any atom is -0.353 e. The standard InChI is InChI=1S/C11H22N6O2S/c1-8(2)9-14-10(16-11(15-9)17(3)4)12-6-7-13-20(5,18)19/h8,13H,6-7H2,1-5H3,(H,12,14,15,16). The third kappa shape index (κ3) is 5.66. The average Bonchev–Trinajstić information content (AvgIpc) is 2.33. The molecule has 8 nitrogen and oxygen atoms in total. The Morgan fingerprint density at radius 1 is 1.15 bits per heavy atom. The van der Waals surface area contributed by atoms with E-state index in [1.54, 1.807) is 4.90 Å². The Bertz CT molecular complexity index is 518. The molecule has 1 aromatic rings. The molecule has 0 aliphatic carbocycles. The van der Waals surface area contributed by atoms with Gasteiger partial charge in [-0.25, -0.2) is 13.1 Å². The molecule has 1 heterocycles. The van der Waals surface area contributed by atoms with Gasteiger partial charge in [-0.2, -0.15) is 15.0 Å². The second-order valence-electron chi connectivity index (χ2n) is 4.96. The second-order valence-corrected chi connectivity index (χ2v) is 6.79. The number of hydrogen-bond donors (Lipinski definition) is 2. The number of hydrogen-bond acceptors (Lipinski definition) is 7. The highest BCUT2D eigenvalue weighted by molar-refractivity contribution is 7.88. The van der Waals surface area contributed by atoms with E-state index in [2.05, 4.69) is 25.0 Å². The van der Waals surface area contributed by atoms with Gasteiger partial charge in [-0.15, -0.1) is 0 Å². The molecule has 0 amide bonds. The largest absolute Gasteiger partial charge is 0.353 e. The quantitative estimate of drug-likeness (QED) is 0.685. The van der Waals surface area contributed by atoms with E-state index in [0.717, 1.165) is 6.26 Å². The molecular formula is C11H22N6O2S. The lowest BCUT2D eigenvalue weighted by Crippen LogP contribution is -2.28. The highest BCUT2D eigenvalue weighted by atomic mass is 32.2. The number of rotatable bonds is 7. The van der Waals surface area contributed by atoms with Crippen LogP contribution in [0.5, 0.6) is 0 Å². The Balaban J connectivity index is 2.74. The lowest BCUT2D eigenvalue weighted by Gasteiger charge is -2.14. The third-order valence-electron chi connectivity index (χ3n) is 2.33. The van der Waals surface area contributed by atoms with Crippen LogP contribution >= 0.6 is 0 Å². The van der Waals surface area contributed by atoms with Gasteiger partial charge in [-0.05, 0) is 0 Å². The summed E-state index contributed by atoms with van der Waals surface area (Å²) in [5.41, 5.74) is 0. The summed E-state index contributed by atoms with van der Waals surface area (Å²) >= 11 is 0. The van der Waals surface area contributed by atoms with E-state index in [1.807, 2.05) is 27.9 Å². The molecule has 20 heavy (non-hydrogen) atoms. The van der Waals surface area contributed by atoms with Crippen molar-refractivity contribution in [3.05, 3.63) is 5.82 Å². The van der Waals surface area contributed by atoms with Crippen LogP contribution in [0.15, 0.2) is 0 Å². The third-order valence-corrected chi connectivity index (χ3v) is 3.06. The predicted molar refractivity (Wildman–Crippen MR) is 79.6 cm³/mol. The number of anilines is 2. The minimum absolute atomic E-state index is 0.186. The SMILES string of the molecule is CC(C)c1nc(NCCNS(C)(=O)=O)nc(N(C)C)n1. The highest BCUT2D eigenvalue weighted by Gasteiger charge is 2.10. The second kappa shape index (κ2) is 6.80. The van der Waals surface area contributed by atoms with Crippen molar-refractivity contribution in [3.63, 3.8) is 0 Å². The lowest BCUT2D eigenvalue weighted by atomic mass is 10.2. The number of aromatic nitrogens is 3. The molecule has 0 spiro atoms. The smallest absolute Gasteiger partial charge is 0.229 e. The van der Waals surface area contributed by atoms with Crippen molar-refractivity contribution in [1.82, 2.24) is 19.7 Å². The average molecular weight is 302 g/mol. The summed E-state index contributed by atoms with van der Waals surface area (Å²) in [5, 5.41) is 2.99. The van der Waals surface area contributed by atoms with Gasteiger partial charge in [0.2, 0.25) is 21.9 Å². The fourth-order valence-corrected chi connectivity index (χ4v) is 1.80. The van der Waals surface area contributed by atoms with Crippen molar-refractivity contribution in [2.75, 3.05) is 43.7 Å². The maximum atomic E-state index is 10.9. The van der Waals surface area contributed by atoms with Gasteiger partial charge in [-0.3, -0.25) is 0 Å². The maximum Gasteiger partial charge on any atom is 0.229 e. The molecule has 0 saturated carbocycles. The summed E-state index contributed by atoms with van der Waals surface area (Å²) in [6.45, 7) is 4.69. The van der Waals surface area contributed by atoms with Gasteiger partial charge < -0.3 is 10.2 Å². The Morgan fingerprint density at radius 2 is 1.80 bits per heavy atom. The molecule has 0 fully saturated rings. The molecule has 0 saturated heterocycles. The van der Waals surface area contributed by atoms with E-state index in [4.69, 9.17) is 0 Å². The fourth-order valence-electron chi connectivity index (χ4n) is 1.33. The molecule has 0 aliphatic rings. The predicted octanol–water partition coefficient (Wildman–Crippen LogP) is 0.0221. The van der Waals surface area contributed by atoms with E-state index < -0.39 is 10.0 Å². The highest BCUT2D eigenvalue weighted by Crippen LogP contribution is 2.14. The van der Waals surface area contributed by atoms with Crippen molar-refractivity contribution in [2.45, 2.75) is 19.8 Å². The van der Waals surface area contributed by atoms with Gasteiger partial charge in [0.1, 0.15) is 5.82 Å². The molecule has 0 aromatic carbocycles. The van der Waals surface area contributed by atoms with Gasteiger partial charge >= 0.3 is 0 Å². The number of sulfonamides is 1. The number of nitrogens with zero attached hydrogens (tertiary/aromatic N) is 4. The van der Waals surface area contributed by atoms with Crippen LogP contribution in [0.25, 0.3) is 0 Å². The molecule has 0 atom stereocenters. The van der Waals surface area contributed by atoms with Gasteiger partial charge in [0, 0.05) is 33.1 Å². The van der Waals surface area contributed by atoms with Crippen LogP contribution < -0.4 is 14.9 Å². The molecular weight excluding hydrogens is 280 g/mol. The van der Waals surface area contributed by atoms with E-state index >= 15 is 0 Å². The van der Waals surface area contributed by atoms with Crippen molar-refractivity contribution >= 4 is 21.9 Å². The molecule has 9 heteroatoms. The molecule has 0 radical (unpaired) electrons. The van der Waals surface area contributed by atoms with Crippen LogP contribution in [0.3, 0.4) is 0 Å². The first kappa shape index (κ1) is 16.6. The summed E-state index contributed by atoms with van der Waals surface area (Å²) in [5.74, 6) is 1.90. The first-order valence-electron chi connectivity index (χ1n) is 6.31. The van der Waals surface area contributed by atoms with Crippen molar-refractivity contribution < 1.29 is 8.42 Å². The zero-order valence-corrected chi connectivity index (χ0v) is 13.3. The molecule has 114 valence electrons. The maximum absolute atomic E-state index is 10.9. The molecule has 1 rings (SSSR count). The first-order valence-corrected chi connectivity index (χ1v) is 8.20. The molecule has 1 aromatic heterocycles. The summed E-state index contributed by atoms with van der Waals surface area (Å²) in [6.07, 6.45) is 1.12. The van der Waals surface area contributed by atoms with Crippen LogP contribution in [0, 0.1) is 0 Å². The van der Waals surface area contributed by atoms with Crippen LogP contribution in [-0.4, -0.2) is 56.8 Å². The van der Waals surface area contributed by atoms with Gasteiger partial charge in [0.05, 0.1) is 6.26 Å². The molecule has 2 N–H and O–H groups in total. The van der Waals surface area contributed by atoms with Crippen molar-refractivity contribution in [1.29, 1.82) is 0 Å². The zero-order chi connectivity index (χ0) is 15.3. The van der Waals surface area contributed by atoms with Crippen LogP contribution in [0.2, 0.25) is 0 Å². The Kier molecular flexibility index (Phi) is 5.63. The monoisotopic (exact) mass is 302 g/mol. The van der Waals surface area contributed by atoms with E-state index in [1.165, 1.54) is 0 Å². The fraction of sp³-hybridized carbons (Fsp3) is 0.727. The van der Waals surface area contributed by atoms with E-state index in [0.29, 0.717) is 24.3 Å². The lowest BCUT2D eigenvalue weighted by molar-refractivity contribution is 0.589. The zero-order valence-electron chi connectivity index (χ0n) is 12.5. The Hall–Kier alpha value is -1.48. The Morgan fingerprint density at radius 3 is 2.30 bits per heavy atom. The van der Waals surface area contributed by atoms with Crippen LogP contribution in [0.1, 0.15) is 25.6 Å². The summed E-state index contributed by atoms with van der Waals surface area (Å²) in [6, 6.07) is 0. The van der Waals surface area contributed by atoms with Crippen LogP contribution in [-0.2, 0) is 10.0 Å². The number of nitrogens with one attached hydrogen (secondary N) is 2. The molecule has 0 unspecified atom stereocenters. The normalized spacial score (nSPS) is 11.7. The van der Waals surface area contributed by atoms with E-state index in [9.17, 15) is 8.42 Å². The Labute approximate surface area is 120 Å². The minimum atomic E-state index is -3.17.